The van der Waals surface area contributed by atoms with Crippen LogP contribution in [0.3, 0.4) is 0 Å². The van der Waals surface area contributed by atoms with Crippen molar-refractivity contribution in [3.63, 3.8) is 0 Å². The number of amides is 1. The lowest BCUT2D eigenvalue weighted by atomic mass is 10.1. The maximum Gasteiger partial charge on any atom is 0.246 e. The van der Waals surface area contributed by atoms with E-state index in [1.54, 1.807) is 6.08 Å². The lowest BCUT2D eigenvalue weighted by Gasteiger charge is -2.18. The van der Waals surface area contributed by atoms with Gasteiger partial charge in [0, 0.05) is 19.2 Å². The molecule has 0 saturated carbocycles. The first-order valence-corrected chi connectivity index (χ1v) is 7.77. The van der Waals surface area contributed by atoms with E-state index >= 15 is 0 Å². The van der Waals surface area contributed by atoms with Crippen molar-refractivity contribution in [2.45, 2.75) is 6.42 Å². The third-order valence-electron chi connectivity index (χ3n) is 4.07. The average Bonchev–Trinajstić information content (AvgIpc) is 3.01. The number of nitrogens with one attached hydrogen (secondary N) is 1. The van der Waals surface area contributed by atoms with Crippen molar-refractivity contribution in [2.75, 3.05) is 39.9 Å². The highest BCUT2D eigenvalue weighted by Gasteiger charge is 2.24. The Morgan fingerprint density at radius 1 is 1.36 bits per heavy atom. The second-order valence-corrected chi connectivity index (χ2v) is 5.73. The van der Waals surface area contributed by atoms with Gasteiger partial charge in [-0.05, 0) is 49.7 Å². The van der Waals surface area contributed by atoms with Gasteiger partial charge in [0.15, 0.2) is 11.5 Å². The first kappa shape index (κ1) is 14.9. The standard InChI is InChI=1S/C17H22N2O3/c1-18-11-14-6-7-19(12-14)17(20)5-3-13-2-4-15-16(10-13)22-9-8-21-15/h2-5,10,14,18H,6-9,11-12H2,1H3/b5-3+. The number of carbonyl (C=O) groups is 1. The highest BCUT2D eigenvalue weighted by molar-refractivity contribution is 5.92. The molecule has 1 unspecified atom stereocenters. The number of benzene rings is 1. The molecule has 0 spiro atoms. The van der Waals surface area contributed by atoms with Crippen molar-refractivity contribution in [2.24, 2.45) is 5.92 Å². The summed E-state index contributed by atoms with van der Waals surface area (Å²) < 4.78 is 11.0. The van der Waals surface area contributed by atoms with Crippen LogP contribution in [0.2, 0.25) is 0 Å². The molecule has 2 aliphatic rings. The van der Waals surface area contributed by atoms with Gasteiger partial charge in [-0.15, -0.1) is 0 Å². The Bertz CT molecular complexity index is 571. The van der Waals surface area contributed by atoms with Crippen molar-refractivity contribution in [3.8, 4) is 11.5 Å². The lowest BCUT2D eigenvalue weighted by Crippen LogP contribution is -2.28. The number of fused-ring (bicyclic) bond motifs is 1. The van der Waals surface area contributed by atoms with E-state index in [0.717, 1.165) is 43.1 Å². The number of carbonyl (C=O) groups excluding carboxylic acids is 1. The molecule has 22 heavy (non-hydrogen) atoms. The topological polar surface area (TPSA) is 50.8 Å². The van der Waals surface area contributed by atoms with E-state index in [9.17, 15) is 4.79 Å². The first-order chi connectivity index (χ1) is 10.8. The van der Waals surface area contributed by atoms with E-state index in [2.05, 4.69) is 5.32 Å². The van der Waals surface area contributed by atoms with Crippen LogP contribution in [0.25, 0.3) is 6.08 Å². The minimum atomic E-state index is 0.0773. The molecule has 3 rings (SSSR count). The lowest BCUT2D eigenvalue weighted by molar-refractivity contribution is -0.125. The summed E-state index contributed by atoms with van der Waals surface area (Å²) in [6.07, 6.45) is 4.56. The Balaban J connectivity index is 1.60. The summed E-state index contributed by atoms with van der Waals surface area (Å²) in [5.41, 5.74) is 0.948. The largest absolute Gasteiger partial charge is 0.486 e. The molecule has 1 amide bonds. The number of hydrogen-bond donors (Lipinski definition) is 1. The van der Waals surface area contributed by atoms with Crippen LogP contribution in [0.15, 0.2) is 24.3 Å². The zero-order valence-electron chi connectivity index (χ0n) is 12.9. The highest BCUT2D eigenvalue weighted by Crippen LogP contribution is 2.31. The summed E-state index contributed by atoms with van der Waals surface area (Å²) in [5.74, 6) is 2.16. The molecule has 2 heterocycles. The Morgan fingerprint density at radius 2 is 2.18 bits per heavy atom. The highest BCUT2D eigenvalue weighted by atomic mass is 16.6. The van der Waals surface area contributed by atoms with E-state index in [1.165, 1.54) is 0 Å². The molecule has 2 aliphatic heterocycles. The second-order valence-electron chi connectivity index (χ2n) is 5.73. The minimum absolute atomic E-state index is 0.0773. The zero-order valence-corrected chi connectivity index (χ0v) is 12.9. The summed E-state index contributed by atoms with van der Waals surface area (Å²) in [6.45, 7) is 3.81. The Kier molecular flexibility index (Phi) is 4.63. The van der Waals surface area contributed by atoms with Crippen LogP contribution in [0.4, 0.5) is 0 Å². The molecule has 1 N–H and O–H groups in total. The van der Waals surface area contributed by atoms with Crippen LogP contribution in [-0.4, -0.2) is 50.7 Å². The van der Waals surface area contributed by atoms with Crippen molar-refractivity contribution in [1.29, 1.82) is 0 Å². The number of hydrogen-bond acceptors (Lipinski definition) is 4. The van der Waals surface area contributed by atoms with Gasteiger partial charge in [-0.25, -0.2) is 0 Å². The molecule has 1 aromatic carbocycles. The third kappa shape index (κ3) is 3.42. The smallest absolute Gasteiger partial charge is 0.246 e. The van der Waals surface area contributed by atoms with Gasteiger partial charge < -0.3 is 19.7 Å². The fourth-order valence-corrected chi connectivity index (χ4v) is 2.92. The maximum atomic E-state index is 12.2. The number of likely N-dealkylation sites (tertiary alicyclic amines) is 1. The van der Waals surface area contributed by atoms with Crippen molar-refractivity contribution in [1.82, 2.24) is 10.2 Å². The van der Waals surface area contributed by atoms with Crippen LogP contribution in [0.5, 0.6) is 11.5 Å². The molecular weight excluding hydrogens is 280 g/mol. The van der Waals surface area contributed by atoms with Gasteiger partial charge in [0.25, 0.3) is 0 Å². The van der Waals surface area contributed by atoms with E-state index in [0.29, 0.717) is 19.1 Å². The minimum Gasteiger partial charge on any atom is -0.486 e. The fourth-order valence-electron chi connectivity index (χ4n) is 2.92. The van der Waals surface area contributed by atoms with Crippen molar-refractivity contribution in [3.05, 3.63) is 29.8 Å². The van der Waals surface area contributed by atoms with Crippen LogP contribution < -0.4 is 14.8 Å². The molecule has 1 atom stereocenters. The molecule has 5 nitrogen and oxygen atoms in total. The monoisotopic (exact) mass is 302 g/mol. The summed E-state index contributed by atoms with van der Waals surface area (Å²) in [6, 6.07) is 5.73. The molecule has 1 fully saturated rings. The summed E-state index contributed by atoms with van der Waals surface area (Å²) in [7, 11) is 1.95. The van der Waals surface area contributed by atoms with Gasteiger partial charge in [0.2, 0.25) is 5.91 Å². The Morgan fingerprint density at radius 3 is 3.00 bits per heavy atom. The third-order valence-corrected chi connectivity index (χ3v) is 4.07. The Hall–Kier alpha value is -2.01. The molecular formula is C17H22N2O3. The fraction of sp³-hybridized carbons (Fsp3) is 0.471. The van der Waals surface area contributed by atoms with Gasteiger partial charge in [0.1, 0.15) is 13.2 Å². The van der Waals surface area contributed by atoms with Gasteiger partial charge >= 0.3 is 0 Å². The first-order valence-electron chi connectivity index (χ1n) is 7.77. The molecule has 0 aliphatic carbocycles. The molecule has 1 saturated heterocycles. The maximum absolute atomic E-state index is 12.2. The van der Waals surface area contributed by atoms with Gasteiger partial charge in [-0.3, -0.25) is 4.79 Å². The predicted octanol–water partition coefficient (Wildman–Crippen LogP) is 1.54. The van der Waals surface area contributed by atoms with Crippen LogP contribution in [0.1, 0.15) is 12.0 Å². The normalized spacial score (nSPS) is 20.6. The summed E-state index contributed by atoms with van der Waals surface area (Å²) in [4.78, 5) is 14.1. The zero-order chi connectivity index (χ0) is 15.4. The second kappa shape index (κ2) is 6.83. The van der Waals surface area contributed by atoms with Crippen LogP contribution >= 0.6 is 0 Å². The van der Waals surface area contributed by atoms with Crippen molar-refractivity contribution < 1.29 is 14.3 Å². The van der Waals surface area contributed by atoms with Gasteiger partial charge in [0.05, 0.1) is 0 Å². The summed E-state index contributed by atoms with van der Waals surface area (Å²) in [5, 5.41) is 3.17. The predicted molar refractivity (Wildman–Crippen MR) is 85.1 cm³/mol. The molecule has 5 heteroatoms. The molecule has 0 radical (unpaired) electrons. The van der Waals surface area contributed by atoms with E-state index in [4.69, 9.17) is 9.47 Å². The van der Waals surface area contributed by atoms with Crippen LogP contribution in [-0.2, 0) is 4.79 Å². The number of nitrogens with zero attached hydrogens (tertiary/aromatic N) is 1. The van der Waals surface area contributed by atoms with E-state index in [-0.39, 0.29) is 5.91 Å². The quantitative estimate of drug-likeness (QED) is 0.857. The Labute approximate surface area is 130 Å². The van der Waals surface area contributed by atoms with E-state index < -0.39 is 0 Å². The van der Waals surface area contributed by atoms with Crippen molar-refractivity contribution >= 4 is 12.0 Å². The molecule has 1 aromatic rings. The SMILES string of the molecule is CNCC1CCN(C(=O)/C=C/c2ccc3c(c2)OCCO3)C1. The van der Waals surface area contributed by atoms with E-state index in [1.807, 2.05) is 36.2 Å². The average molecular weight is 302 g/mol. The molecule has 0 aromatic heterocycles. The van der Waals surface area contributed by atoms with Crippen LogP contribution in [0, 0.1) is 5.92 Å². The van der Waals surface area contributed by atoms with Gasteiger partial charge in [-0.2, -0.15) is 0 Å². The number of ether oxygens (including phenoxy) is 2. The molecule has 118 valence electrons. The summed E-state index contributed by atoms with van der Waals surface area (Å²) >= 11 is 0. The van der Waals surface area contributed by atoms with Gasteiger partial charge in [-0.1, -0.05) is 6.07 Å². The number of rotatable bonds is 4. The molecule has 0 bridgehead atoms.